The lowest BCUT2D eigenvalue weighted by atomic mass is 10.0. The lowest BCUT2D eigenvalue weighted by Gasteiger charge is -2.39. The highest BCUT2D eigenvalue weighted by atomic mass is 16.1. The van der Waals surface area contributed by atoms with Crippen molar-refractivity contribution in [2.24, 2.45) is 5.92 Å². The maximum Gasteiger partial charge on any atom is 0.137 e. The number of carbonyl (C=O) groups excluding carboxylic acids is 1. The highest BCUT2D eigenvalue weighted by molar-refractivity contribution is 5.83. The first kappa shape index (κ1) is 12.1. The van der Waals surface area contributed by atoms with E-state index in [2.05, 4.69) is 23.8 Å². The Hall–Kier alpha value is -0.410. The predicted molar refractivity (Wildman–Crippen MR) is 65.5 cm³/mol. The molecule has 2 atom stereocenters. The fourth-order valence-corrected chi connectivity index (χ4v) is 3.01. The molecule has 2 rings (SSSR count). The number of carbonyl (C=O) groups is 1. The van der Waals surface area contributed by atoms with Crippen LogP contribution in [0.2, 0.25) is 0 Å². The van der Waals surface area contributed by atoms with Crippen LogP contribution in [-0.4, -0.2) is 54.9 Å². The number of likely N-dealkylation sites (N-methyl/N-ethyl adjacent to an activating group) is 1. The number of ketones is 1. The smallest absolute Gasteiger partial charge is 0.137 e. The van der Waals surface area contributed by atoms with E-state index in [1.54, 1.807) is 0 Å². The van der Waals surface area contributed by atoms with Crippen molar-refractivity contribution < 1.29 is 4.79 Å². The average molecular weight is 224 g/mol. The van der Waals surface area contributed by atoms with Crippen LogP contribution in [0, 0.1) is 5.92 Å². The summed E-state index contributed by atoms with van der Waals surface area (Å²) in [5, 5.41) is 0. The van der Waals surface area contributed by atoms with Gasteiger partial charge in [0.15, 0.2) is 0 Å². The molecule has 0 N–H and O–H groups in total. The highest BCUT2D eigenvalue weighted by Gasteiger charge is 2.29. The molecular formula is C13H24N2O. The molecular weight excluding hydrogens is 200 g/mol. The largest absolute Gasteiger partial charge is 0.301 e. The van der Waals surface area contributed by atoms with Crippen molar-refractivity contribution >= 4 is 5.78 Å². The molecule has 1 saturated heterocycles. The van der Waals surface area contributed by atoms with Gasteiger partial charge in [-0.15, -0.1) is 0 Å². The number of piperazine rings is 1. The van der Waals surface area contributed by atoms with Crippen molar-refractivity contribution in [2.75, 3.05) is 33.2 Å². The Kier molecular flexibility index (Phi) is 3.98. The highest BCUT2D eigenvalue weighted by Crippen LogP contribution is 2.23. The molecule has 1 saturated carbocycles. The second-order valence-electron chi connectivity index (χ2n) is 5.36. The minimum Gasteiger partial charge on any atom is -0.301 e. The van der Waals surface area contributed by atoms with Gasteiger partial charge in [-0.2, -0.15) is 0 Å². The van der Waals surface area contributed by atoms with Crippen molar-refractivity contribution in [3.63, 3.8) is 0 Å². The van der Waals surface area contributed by atoms with E-state index >= 15 is 0 Å². The van der Waals surface area contributed by atoms with Crippen LogP contribution in [0.3, 0.4) is 0 Å². The minimum absolute atomic E-state index is 0.348. The summed E-state index contributed by atoms with van der Waals surface area (Å²) in [7, 11) is 2.21. The van der Waals surface area contributed by atoms with Gasteiger partial charge in [0.1, 0.15) is 5.78 Å². The first-order chi connectivity index (χ1) is 7.70. The van der Waals surface area contributed by atoms with Crippen LogP contribution in [-0.2, 0) is 4.79 Å². The molecule has 1 heterocycles. The molecule has 0 aromatic carbocycles. The monoisotopic (exact) mass is 224 g/mol. The maximum absolute atomic E-state index is 11.6. The van der Waals surface area contributed by atoms with Gasteiger partial charge in [0.05, 0.1) is 0 Å². The lowest BCUT2D eigenvalue weighted by Crippen LogP contribution is -2.52. The summed E-state index contributed by atoms with van der Waals surface area (Å²) in [5.74, 6) is 0.855. The molecule has 1 aliphatic heterocycles. The number of hydrogen-bond donors (Lipinski definition) is 0. The number of rotatable bonds is 3. The second kappa shape index (κ2) is 5.28. The molecule has 0 radical (unpaired) electrons. The van der Waals surface area contributed by atoms with Gasteiger partial charge in [-0.3, -0.25) is 9.69 Å². The molecule has 0 bridgehead atoms. The molecule has 3 heteroatoms. The van der Waals surface area contributed by atoms with Crippen LogP contribution < -0.4 is 0 Å². The van der Waals surface area contributed by atoms with Crippen LogP contribution in [0.15, 0.2) is 0 Å². The van der Waals surface area contributed by atoms with Crippen LogP contribution in [0.1, 0.15) is 32.6 Å². The third-order valence-electron chi connectivity index (χ3n) is 4.24. The topological polar surface area (TPSA) is 23.6 Å². The maximum atomic E-state index is 11.6. The summed E-state index contributed by atoms with van der Waals surface area (Å²) in [4.78, 5) is 16.6. The molecule has 16 heavy (non-hydrogen) atoms. The number of hydrogen-bond acceptors (Lipinski definition) is 3. The molecule has 2 fully saturated rings. The van der Waals surface area contributed by atoms with Gasteiger partial charge in [0.25, 0.3) is 0 Å². The Bertz CT molecular complexity index is 254. The van der Waals surface area contributed by atoms with Gasteiger partial charge in [-0.05, 0) is 26.3 Å². The normalized spacial score (nSPS) is 33.5. The third kappa shape index (κ3) is 2.64. The van der Waals surface area contributed by atoms with E-state index in [1.807, 2.05) is 0 Å². The average Bonchev–Trinajstić information content (AvgIpc) is 2.67. The molecule has 0 amide bonds. The minimum atomic E-state index is 0.348. The van der Waals surface area contributed by atoms with E-state index in [-0.39, 0.29) is 0 Å². The van der Waals surface area contributed by atoms with Crippen LogP contribution in [0.25, 0.3) is 0 Å². The van der Waals surface area contributed by atoms with Crippen LogP contribution >= 0.6 is 0 Å². The lowest BCUT2D eigenvalue weighted by molar-refractivity contribution is -0.121. The van der Waals surface area contributed by atoms with Gasteiger partial charge >= 0.3 is 0 Å². The molecule has 2 aliphatic rings. The molecule has 2 unspecified atom stereocenters. The van der Waals surface area contributed by atoms with E-state index in [1.165, 1.54) is 6.42 Å². The zero-order chi connectivity index (χ0) is 11.5. The van der Waals surface area contributed by atoms with Crippen molar-refractivity contribution in [1.82, 2.24) is 9.80 Å². The first-order valence-electron chi connectivity index (χ1n) is 6.66. The Balaban J connectivity index is 1.84. The summed E-state index contributed by atoms with van der Waals surface area (Å²) in [6.45, 7) is 6.71. The van der Waals surface area contributed by atoms with Crippen molar-refractivity contribution in [1.29, 1.82) is 0 Å². The second-order valence-corrected chi connectivity index (χ2v) is 5.36. The molecule has 92 valence electrons. The molecule has 0 aromatic heterocycles. The van der Waals surface area contributed by atoms with E-state index in [0.717, 1.165) is 45.4 Å². The van der Waals surface area contributed by atoms with Gasteiger partial charge in [-0.1, -0.05) is 6.92 Å². The van der Waals surface area contributed by atoms with Gasteiger partial charge in [-0.25, -0.2) is 0 Å². The summed E-state index contributed by atoms with van der Waals surface area (Å²) in [6.07, 6.45) is 4.29. The Morgan fingerprint density at radius 2 is 2.19 bits per heavy atom. The molecule has 3 nitrogen and oxygen atoms in total. The summed E-state index contributed by atoms with van der Waals surface area (Å²) >= 11 is 0. The molecule has 1 aliphatic carbocycles. The van der Waals surface area contributed by atoms with Crippen LogP contribution in [0.4, 0.5) is 0 Å². The Labute approximate surface area is 98.8 Å². The van der Waals surface area contributed by atoms with Crippen molar-refractivity contribution in [2.45, 2.75) is 38.6 Å². The van der Waals surface area contributed by atoms with Crippen LogP contribution in [0.5, 0.6) is 0 Å². The summed E-state index contributed by atoms with van der Waals surface area (Å²) in [6, 6.07) is 0.685. The SMILES string of the molecule is CCC1CN(CC2CCCC2=O)CCN1C. The Morgan fingerprint density at radius 3 is 2.81 bits per heavy atom. The fraction of sp³-hybridized carbons (Fsp3) is 0.923. The van der Waals surface area contributed by atoms with Crippen molar-refractivity contribution in [3.05, 3.63) is 0 Å². The van der Waals surface area contributed by atoms with Gasteiger partial charge in [0.2, 0.25) is 0 Å². The third-order valence-corrected chi connectivity index (χ3v) is 4.24. The number of Topliss-reactive ketones (excluding diaryl/α,β-unsaturated/α-hetero) is 1. The standard InChI is InChI=1S/C13H24N2O/c1-3-12-10-15(8-7-14(12)2)9-11-5-4-6-13(11)16/h11-12H,3-10H2,1-2H3. The van der Waals surface area contributed by atoms with E-state index < -0.39 is 0 Å². The van der Waals surface area contributed by atoms with E-state index in [4.69, 9.17) is 0 Å². The zero-order valence-electron chi connectivity index (χ0n) is 10.6. The zero-order valence-corrected chi connectivity index (χ0v) is 10.6. The van der Waals surface area contributed by atoms with Gasteiger partial charge < -0.3 is 4.90 Å². The van der Waals surface area contributed by atoms with Crippen molar-refractivity contribution in [3.8, 4) is 0 Å². The predicted octanol–water partition coefficient (Wildman–Crippen LogP) is 1.38. The fourth-order valence-electron chi connectivity index (χ4n) is 3.01. The number of nitrogens with zero attached hydrogens (tertiary/aromatic N) is 2. The Morgan fingerprint density at radius 1 is 1.38 bits per heavy atom. The first-order valence-corrected chi connectivity index (χ1v) is 6.66. The quantitative estimate of drug-likeness (QED) is 0.723. The van der Waals surface area contributed by atoms with E-state index in [9.17, 15) is 4.79 Å². The van der Waals surface area contributed by atoms with E-state index in [0.29, 0.717) is 17.7 Å². The molecule has 0 aromatic rings. The summed E-state index contributed by atoms with van der Waals surface area (Å²) in [5.41, 5.74) is 0. The van der Waals surface area contributed by atoms with Gasteiger partial charge in [0, 0.05) is 44.6 Å². The molecule has 0 spiro atoms. The summed E-state index contributed by atoms with van der Waals surface area (Å²) < 4.78 is 0.